The Hall–Kier alpha value is -0.860. The van der Waals surface area contributed by atoms with Crippen LogP contribution in [0.2, 0.25) is 0 Å². The molecule has 0 saturated heterocycles. The van der Waals surface area contributed by atoms with Crippen molar-refractivity contribution in [1.82, 2.24) is 10.2 Å². The quantitative estimate of drug-likeness (QED) is 0.814. The van der Waals surface area contributed by atoms with Crippen molar-refractivity contribution in [2.75, 3.05) is 20.6 Å². The average molecular weight is 234 g/mol. The highest BCUT2D eigenvalue weighted by Gasteiger charge is 2.17. The average Bonchev–Trinajstić information content (AvgIpc) is 2.35. The molecule has 96 valence electrons. The van der Waals surface area contributed by atoms with Crippen LogP contribution >= 0.6 is 0 Å². The number of nitrogens with zero attached hydrogens (tertiary/aromatic N) is 1. The summed E-state index contributed by atoms with van der Waals surface area (Å²) < 4.78 is 0. The minimum Gasteiger partial charge on any atom is -0.312 e. The van der Waals surface area contributed by atoms with Crippen LogP contribution in [0.5, 0.6) is 0 Å². The summed E-state index contributed by atoms with van der Waals surface area (Å²) in [6, 6.07) is 11.7. The zero-order valence-electron chi connectivity index (χ0n) is 11.8. The molecule has 1 aromatic rings. The van der Waals surface area contributed by atoms with E-state index in [1.807, 2.05) is 7.05 Å². The first-order valence-corrected chi connectivity index (χ1v) is 6.48. The molecular weight excluding hydrogens is 208 g/mol. The lowest BCUT2D eigenvalue weighted by atomic mass is 10.0. The second kappa shape index (κ2) is 6.77. The Morgan fingerprint density at radius 3 is 2.18 bits per heavy atom. The third kappa shape index (κ3) is 4.14. The lowest BCUT2D eigenvalue weighted by molar-refractivity contribution is 0.190. The summed E-state index contributed by atoms with van der Waals surface area (Å²) in [6.07, 6.45) is 0. The summed E-state index contributed by atoms with van der Waals surface area (Å²) in [6.45, 7) is 7.89. The number of hydrogen-bond donors (Lipinski definition) is 1. The molecule has 2 atom stereocenters. The molecule has 2 unspecified atom stereocenters. The van der Waals surface area contributed by atoms with Gasteiger partial charge in [-0.05, 0) is 32.5 Å². The second-order valence-corrected chi connectivity index (χ2v) is 5.18. The predicted molar refractivity (Wildman–Crippen MR) is 75.2 cm³/mol. The summed E-state index contributed by atoms with van der Waals surface area (Å²) in [7, 11) is 4.24. The SMILES string of the molecule is CNC(CN(C)C(C)C(C)C)c1ccccc1. The van der Waals surface area contributed by atoms with Crippen molar-refractivity contribution in [3.05, 3.63) is 35.9 Å². The summed E-state index contributed by atoms with van der Waals surface area (Å²) in [5, 5.41) is 3.40. The van der Waals surface area contributed by atoms with Gasteiger partial charge in [-0.3, -0.25) is 0 Å². The molecule has 0 bridgehead atoms. The van der Waals surface area contributed by atoms with Crippen LogP contribution < -0.4 is 5.32 Å². The number of likely N-dealkylation sites (N-methyl/N-ethyl adjacent to an activating group) is 2. The van der Waals surface area contributed by atoms with Crippen LogP contribution in [-0.4, -0.2) is 31.6 Å². The summed E-state index contributed by atoms with van der Waals surface area (Å²) in [5.41, 5.74) is 1.36. The molecule has 0 fully saturated rings. The molecule has 17 heavy (non-hydrogen) atoms. The van der Waals surface area contributed by atoms with E-state index < -0.39 is 0 Å². The van der Waals surface area contributed by atoms with E-state index in [0.29, 0.717) is 18.0 Å². The molecule has 0 saturated carbocycles. The molecule has 0 aromatic heterocycles. The standard InChI is InChI=1S/C15H26N2/c1-12(2)13(3)17(5)11-15(16-4)14-9-7-6-8-10-14/h6-10,12-13,15-16H,11H2,1-5H3. The maximum Gasteiger partial charge on any atom is 0.0446 e. The minimum atomic E-state index is 0.405. The summed E-state index contributed by atoms with van der Waals surface area (Å²) >= 11 is 0. The molecule has 0 aliphatic heterocycles. The van der Waals surface area contributed by atoms with Crippen LogP contribution in [0, 0.1) is 5.92 Å². The second-order valence-electron chi connectivity index (χ2n) is 5.18. The van der Waals surface area contributed by atoms with E-state index in [0.717, 1.165) is 6.54 Å². The monoisotopic (exact) mass is 234 g/mol. The molecule has 2 nitrogen and oxygen atoms in total. The van der Waals surface area contributed by atoms with Crippen molar-refractivity contribution in [1.29, 1.82) is 0 Å². The molecule has 0 aliphatic carbocycles. The third-order valence-corrected chi connectivity index (χ3v) is 3.68. The van der Waals surface area contributed by atoms with E-state index in [1.165, 1.54) is 5.56 Å². The van der Waals surface area contributed by atoms with E-state index >= 15 is 0 Å². The summed E-state index contributed by atoms with van der Waals surface area (Å²) in [5.74, 6) is 0.688. The normalized spacial score (nSPS) is 15.2. The van der Waals surface area contributed by atoms with Gasteiger partial charge in [-0.1, -0.05) is 44.2 Å². The maximum absolute atomic E-state index is 3.40. The van der Waals surface area contributed by atoms with Gasteiger partial charge < -0.3 is 10.2 Å². The largest absolute Gasteiger partial charge is 0.312 e. The lowest BCUT2D eigenvalue weighted by Crippen LogP contribution is -2.39. The minimum absolute atomic E-state index is 0.405. The summed E-state index contributed by atoms with van der Waals surface area (Å²) in [4.78, 5) is 2.43. The first-order valence-electron chi connectivity index (χ1n) is 6.48. The van der Waals surface area contributed by atoms with Crippen molar-refractivity contribution >= 4 is 0 Å². The highest BCUT2D eigenvalue weighted by atomic mass is 15.1. The molecule has 2 heteroatoms. The Morgan fingerprint density at radius 2 is 1.71 bits per heavy atom. The van der Waals surface area contributed by atoms with Crippen molar-refractivity contribution in [2.24, 2.45) is 5.92 Å². The van der Waals surface area contributed by atoms with Gasteiger partial charge in [-0.2, -0.15) is 0 Å². The van der Waals surface area contributed by atoms with Crippen LogP contribution in [0.4, 0.5) is 0 Å². The number of hydrogen-bond acceptors (Lipinski definition) is 2. The van der Waals surface area contributed by atoms with Gasteiger partial charge >= 0.3 is 0 Å². The van der Waals surface area contributed by atoms with Crippen molar-refractivity contribution in [3.8, 4) is 0 Å². The van der Waals surface area contributed by atoms with Crippen LogP contribution in [0.1, 0.15) is 32.4 Å². The lowest BCUT2D eigenvalue weighted by Gasteiger charge is -2.31. The first-order chi connectivity index (χ1) is 8.06. The van der Waals surface area contributed by atoms with Gasteiger partial charge in [0.15, 0.2) is 0 Å². The van der Waals surface area contributed by atoms with E-state index in [-0.39, 0.29) is 0 Å². The van der Waals surface area contributed by atoms with E-state index in [1.54, 1.807) is 0 Å². The smallest absolute Gasteiger partial charge is 0.0446 e. The molecule has 0 amide bonds. The van der Waals surface area contributed by atoms with Crippen molar-refractivity contribution in [3.63, 3.8) is 0 Å². The van der Waals surface area contributed by atoms with Gasteiger partial charge in [-0.25, -0.2) is 0 Å². The Balaban J connectivity index is 2.65. The fourth-order valence-corrected chi connectivity index (χ4v) is 2.01. The van der Waals surface area contributed by atoms with Crippen LogP contribution in [0.3, 0.4) is 0 Å². The van der Waals surface area contributed by atoms with Gasteiger partial charge in [0.1, 0.15) is 0 Å². The number of nitrogens with one attached hydrogen (secondary N) is 1. The molecule has 0 aliphatic rings. The maximum atomic E-state index is 3.40. The van der Waals surface area contributed by atoms with E-state index in [4.69, 9.17) is 0 Å². The number of benzene rings is 1. The Bertz CT molecular complexity index is 308. The van der Waals surface area contributed by atoms with Gasteiger partial charge in [0, 0.05) is 18.6 Å². The Labute approximate surface area is 106 Å². The highest BCUT2D eigenvalue weighted by molar-refractivity contribution is 5.19. The van der Waals surface area contributed by atoms with Crippen LogP contribution in [0.15, 0.2) is 30.3 Å². The molecular formula is C15H26N2. The molecule has 1 aromatic carbocycles. The fraction of sp³-hybridized carbons (Fsp3) is 0.600. The van der Waals surface area contributed by atoms with E-state index in [9.17, 15) is 0 Å². The molecule has 0 spiro atoms. The zero-order chi connectivity index (χ0) is 12.8. The van der Waals surface area contributed by atoms with Crippen molar-refractivity contribution in [2.45, 2.75) is 32.9 Å². The van der Waals surface area contributed by atoms with Gasteiger partial charge in [0.25, 0.3) is 0 Å². The fourth-order valence-electron chi connectivity index (χ4n) is 2.01. The molecule has 0 radical (unpaired) electrons. The molecule has 1 N–H and O–H groups in total. The zero-order valence-corrected chi connectivity index (χ0v) is 11.8. The third-order valence-electron chi connectivity index (χ3n) is 3.68. The number of rotatable bonds is 6. The van der Waals surface area contributed by atoms with Gasteiger partial charge in [0.05, 0.1) is 0 Å². The first kappa shape index (κ1) is 14.2. The highest BCUT2D eigenvalue weighted by Crippen LogP contribution is 2.16. The Kier molecular flexibility index (Phi) is 5.66. The van der Waals surface area contributed by atoms with E-state index in [2.05, 4.69) is 68.4 Å². The molecule has 1 rings (SSSR count). The predicted octanol–water partition coefficient (Wildman–Crippen LogP) is 2.92. The van der Waals surface area contributed by atoms with Crippen LogP contribution in [-0.2, 0) is 0 Å². The van der Waals surface area contributed by atoms with Crippen LogP contribution in [0.25, 0.3) is 0 Å². The Morgan fingerprint density at radius 1 is 1.12 bits per heavy atom. The van der Waals surface area contributed by atoms with Gasteiger partial charge in [-0.15, -0.1) is 0 Å². The topological polar surface area (TPSA) is 15.3 Å². The molecule has 0 heterocycles. The van der Waals surface area contributed by atoms with Crippen molar-refractivity contribution < 1.29 is 0 Å². The van der Waals surface area contributed by atoms with Gasteiger partial charge in [0.2, 0.25) is 0 Å².